The van der Waals surface area contributed by atoms with Crippen molar-refractivity contribution in [3.8, 4) is 151 Å². The number of nitrogens with one attached hydrogen (secondary N) is 8. The Hall–Kier alpha value is -12.4. The number of benzene rings is 4. The van der Waals surface area contributed by atoms with E-state index in [1.54, 1.807) is 60.6 Å². The first-order chi connectivity index (χ1) is 63.0. The third-order valence-electron chi connectivity index (χ3n) is 23.1. The maximum atomic E-state index is 5.61. The largest absolute Gasteiger partial charge is 0.497 e. The quantitative estimate of drug-likeness (QED) is 0.0514. The van der Waals surface area contributed by atoms with Crippen LogP contribution in [0.5, 0.6) is 5.75 Å². The van der Waals surface area contributed by atoms with E-state index in [2.05, 4.69) is 293 Å². The first-order valence-corrected chi connectivity index (χ1v) is 48.3. The highest BCUT2D eigenvalue weighted by molar-refractivity contribution is 9.11. The lowest BCUT2D eigenvalue weighted by atomic mass is 10.1. The summed E-state index contributed by atoms with van der Waals surface area (Å²) in [5.74, 6) is 1.40. The summed E-state index contributed by atoms with van der Waals surface area (Å²) in [5, 5.41) is 61.4. The van der Waals surface area contributed by atoms with Gasteiger partial charge in [0.15, 0.2) is 0 Å². The van der Waals surface area contributed by atoms with Gasteiger partial charge in [-0.3, -0.25) is 40.6 Å². The molecule has 10 N–H and O–H groups in total. The highest BCUT2D eigenvalue weighted by Gasteiger charge is 2.33. The average molecular weight is 2080 g/mol. The van der Waals surface area contributed by atoms with E-state index in [1.165, 1.54) is 133 Å². The van der Waals surface area contributed by atoms with Crippen molar-refractivity contribution in [3.63, 3.8) is 0 Å². The molecular formula is C98H72Br3Cl3N20OS6. The smallest absolute Gasteiger partial charge is 0.123 e. The molecule has 0 bridgehead atoms. The van der Waals surface area contributed by atoms with E-state index in [-0.39, 0.29) is 37.2 Å². The Morgan fingerprint density at radius 1 is 0.321 bits per heavy atom. The molecule has 6 aliphatic rings. The van der Waals surface area contributed by atoms with E-state index in [4.69, 9.17) is 10.5 Å². The van der Waals surface area contributed by atoms with Gasteiger partial charge in [-0.25, -0.2) is 15.0 Å². The summed E-state index contributed by atoms with van der Waals surface area (Å²) >= 11 is 21.2. The average Bonchev–Trinajstić information content (AvgIpc) is 1.62. The van der Waals surface area contributed by atoms with E-state index in [9.17, 15) is 0 Å². The molecule has 21 nitrogen and oxygen atoms in total. The zero-order chi connectivity index (χ0) is 85.9. The number of ether oxygens (including phenoxy) is 1. The molecule has 27 rings (SSSR count). The number of nitrogens with two attached hydrogens (primary N) is 1. The monoisotopic (exact) mass is 2080 g/mol. The molecule has 0 amide bonds. The summed E-state index contributed by atoms with van der Waals surface area (Å²) in [6.07, 6.45) is 18.4. The second kappa shape index (κ2) is 38.2. The van der Waals surface area contributed by atoms with E-state index in [0.717, 1.165) is 155 Å². The van der Waals surface area contributed by atoms with Gasteiger partial charge in [0.2, 0.25) is 0 Å². The SMILES string of the molecule is Brc1ccc(-c2n[nH]c3c2Cc2sc(Br)cc2-3)cn1.Brc1ccc(-c2n[nH]c3c2Cc2sccc2-3)cn1.COc1ccc(-c2n[nH]c3c2Cc2sc(-c4ccccc4)cc2-3)cc1.Cl.Cl.Cl.Nc1ccc(-c2n[nH]c3c2Cc2sccc2-3)cn1.c1cc(Nc2ccc(-c3n[nH]c4c3Cc3sccc3-4)cc2)ccn1.c1cncc(Nc2ccc(-c3n[nH]c4c3Cc3sccc3-4)cc2)c1. The van der Waals surface area contributed by atoms with Crippen molar-refractivity contribution in [2.24, 2.45) is 0 Å². The number of nitrogens with zero attached hydrogens (tertiary/aromatic N) is 11. The van der Waals surface area contributed by atoms with Crippen LogP contribution in [-0.2, 0) is 38.5 Å². The van der Waals surface area contributed by atoms with Crippen molar-refractivity contribution in [1.29, 1.82) is 0 Å². The standard InChI is InChI=1S/C21H16N2OS.2C19H14N4S.C13H7Br2N3S.C13H8BrN3S.C13H10N4S.3ClH/c1-24-15-9-7-14(8-10-15)20-17-12-19-16(21(17)23-22-20)11-18(25-19)13-5-3-2-4-6-13;1-3-13(21-14-5-8-20-9-6-14)4-2-12(1)18-16-11-17-15(7-10-24-17)19(16)23-22-18;1-2-14(11-20-8-1)21-13-5-3-12(4-6-13)18-16-10-17-15(7-9-24-17)19(16)23-22-18;14-10-2-1-6(5-16-10)12-8-3-9-7(4-11(15)19-9)13(8)18-17-12;2*14-11-2-1-7(6-15-11)12-9-5-10-8(3-4-18-10)13(9)17-16-12;;;/h2-11H,12H2,1H3,(H,22,23);1-10H,11H2,(H,20,21)(H,22,23);1-9,11,21H,10H2,(H,22,23);1-2,4-5H,3H2,(H,17,18);1-4,6H,5H2,(H,16,17);1-4,6H,5H2,(H2,14,15)(H,16,17);3*1H. The van der Waals surface area contributed by atoms with Crippen LogP contribution in [0.4, 0.5) is 28.6 Å². The first kappa shape index (κ1) is 87.9. The van der Waals surface area contributed by atoms with Gasteiger partial charge in [0.25, 0.3) is 0 Å². The molecule has 0 unspecified atom stereocenters. The van der Waals surface area contributed by atoms with Gasteiger partial charge in [0.1, 0.15) is 20.8 Å². The van der Waals surface area contributed by atoms with Gasteiger partial charge in [-0.2, -0.15) is 30.6 Å². The summed E-state index contributed by atoms with van der Waals surface area (Å²) in [6.45, 7) is 0. The maximum absolute atomic E-state index is 5.61. The molecule has 21 aromatic rings. The van der Waals surface area contributed by atoms with Gasteiger partial charge in [-0.05, 0) is 220 Å². The molecule has 0 radical (unpaired) electrons. The molecule has 131 heavy (non-hydrogen) atoms. The number of H-pyrrole nitrogens is 6. The van der Waals surface area contributed by atoms with E-state index >= 15 is 0 Å². The lowest BCUT2D eigenvalue weighted by Gasteiger charge is -2.07. The number of thiophene rings is 6. The minimum absolute atomic E-state index is 0. The Kier molecular flexibility index (Phi) is 25.6. The number of hydrogen-bond acceptors (Lipinski definition) is 21. The fraction of sp³-hybridized carbons (Fsp3) is 0.0714. The number of hydrogen-bond donors (Lipinski definition) is 9. The lowest BCUT2D eigenvalue weighted by molar-refractivity contribution is 0.415. The number of rotatable bonds is 12. The Morgan fingerprint density at radius 2 is 0.687 bits per heavy atom. The van der Waals surface area contributed by atoms with Crippen molar-refractivity contribution in [3.05, 3.63) is 341 Å². The Bertz CT molecular complexity index is 7310. The highest BCUT2D eigenvalue weighted by atomic mass is 79.9. The number of aromatic nitrogens is 17. The Balaban J connectivity index is 0.000000102. The van der Waals surface area contributed by atoms with Crippen LogP contribution in [0.15, 0.2) is 278 Å². The summed E-state index contributed by atoms with van der Waals surface area (Å²) in [4.78, 5) is 30.6. The fourth-order valence-electron chi connectivity index (χ4n) is 17.0. The molecule has 0 aliphatic heterocycles. The minimum Gasteiger partial charge on any atom is -0.497 e. The van der Waals surface area contributed by atoms with Crippen LogP contribution in [0.3, 0.4) is 0 Å². The number of methoxy groups -OCH3 is 1. The summed E-state index contributed by atoms with van der Waals surface area (Å²) in [5.41, 5.74) is 46.2. The normalized spacial score (nSPS) is 11.9. The van der Waals surface area contributed by atoms with Gasteiger partial charge in [-0.15, -0.1) is 105 Å². The molecule has 17 aromatic heterocycles. The van der Waals surface area contributed by atoms with E-state index in [0.29, 0.717) is 5.82 Å². The second-order valence-electron chi connectivity index (χ2n) is 30.7. The molecule has 0 spiro atoms. The molecule has 0 fully saturated rings. The van der Waals surface area contributed by atoms with Crippen molar-refractivity contribution >= 4 is 182 Å². The van der Waals surface area contributed by atoms with Gasteiger partial charge in [0, 0.05) is 227 Å². The third-order valence-corrected chi connectivity index (χ3v) is 30.6. The zero-order valence-electron chi connectivity index (χ0n) is 68.9. The van der Waals surface area contributed by atoms with Crippen LogP contribution in [0.25, 0.3) is 146 Å². The molecule has 33 heteroatoms. The number of fused-ring (bicyclic) bond motifs is 18. The van der Waals surface area contributed by atoms with Crippen LogP contribution in [-0.4, -0.2) is 93.2 Å². The zero-order valence-corrected chi connectivity index (χ0v) is 81.0. The van der Waals surface area contributed by atoms with Crippen LogP contribution in [0.2, 0.25) is 0 Å². The number of aromatic amines is 6. The number of pyridine rings is 5. The molecule has 0 atom stereocenters. The summed E-state index contributed by atoms with van der Waals surface area (Å²) < 4.78 is 8.10. The molecule has 4 aromatic carbocycles. The molecule has 17 heterocycles. The van der Waals surface area contributed by atoms with Gasteiger partial charge in [0.05, 0.1) is 91.1 Å². The van der Waals surface area contributed by atoms with Crippen molar-refractivity contribution in [1.82, 2.24) is 86.1 Å². The number of halogens is 6. The highest BCUT2D eigenvalue weighted by Crippen LogP contribution is 2.51. The molecule has 6 aliphatic carbocycles. The summed E-state index contributed by atoms with van der Waals surface area (Å²) in [7, 11) is 1.68. The van der Waals surface area contributed by atoms with Crippen LogP contribution >= 0.6 is 153 Å². The fourth-order valence-corrected chi connectivity index (χ4v) is 23.9. The predicted octanol–water partition coefficient (Wildman–Crippen LogP) is 27.5. The van der Waals surface area contributed by atoms with Crippen molar-refractivity contribution in [2.75, 3.05) is 23.5 Å². The van der Waals surface area contributed by atoms with Crippen molar-refractivity contribution in [2.45, 2.75) is 38.5 Å². The summed E-state index contributed by atoms with van der Waals surface area (Å²) in [6, 6.07) is 68.1. The third kappa shape index (κ3) is 17.5. The molecule has 0 saturated carbocycles. The van der Waals surface area contributed by atoms with Crippen molar-refractivity contribution < 1.29 is 4.74 Å². The second-order valence-corrected chi connectivity index (χ2v) is 39.9. The predicted molar refractivity (Wildman–Crippen MR) is 551 cm³/mol. The number of nitrogen functional groups attached to an aromatic ring is 1. The van der Waals surface area contributed by atoms with Gasteiger partial charge in [-0.1, -0.05) is 54.6 Å². The Morgan fingerprint density at radius 3 is 1.08 bits per heavy atom. The number of anilines is 5. The van der Waals surface area contributed by atoms with Gasteiger partial charge < -0.3 is 21.1 Å². The van der Waals surface area contributed by atoms with E-state index in [1.807, 2.05) is 131 Å². The van der Waals surface area contributed by atoms with E-state index < -0.39 is 0 Å². The molecule has 0 saturated heterocycles. The minimum atomic E-state index is 0. The molecular weight excluding hydrogens is 2010 g/mol. The van der Waals surface area contributed by atoms with Crippen LogP contribution in [0.1, 0.15) is 62.6 Å². The topological polar surface area (TPSA) is 296 Å². The van der Waals surface area contributed by atoms with Crippen LogP contribution in [0, 0.1) is 0 Å². The van der Waals surface area contributed by atoms with Crippen LogP contribution < -0.4 is 21.1 Å². The molecule has 648 valence electrons. The Labute approximate surface area is 818 Å². The first-order valence-electron chi connectivity index (χ1n) is 40.8. The maximum Gasteiger partial charge on any atom is 0.123 e. The van der Waals surface area contributed by atoms with Gasteiger partial charge >= 0.3 is 0 Å². The lowest BCUT2D eigenvalue weighted by Crippen LogP contribution is -1.91.